The van der Waals surface area contributed by atoms with Crippen molar-refractivity contribution in [2.75, 3.05) is 19.8 Å². The number of hydrogen-bond acceptors (Lipinski definition) is 9. The lowest BCUT2D eigenvalue weighted by Crippen LogP contribution is -2.58. The SMILES string of the molecule is CC(C)(C)C1(C(C)(C)C)C=CC(C(O)(C2=CCC(C(C)(C)C)(C(C)(C)C)C=C2)C(CO)(CO)CO)=CC1.OP(O)OP(O)O. The maximum Gasteiger partial charge on any atom is 0.334 e. The molecule has 0 radical (unpaired) electrons. The van der Waals surface area contributed by atoms with Gasteiger partial charge in [0.25, 0.3) is 0 Å². The van der Waals surface area contributed by atoms with Crippen molar-refractivity contribution in [3.8, 4) is 0 Å². The molecule has 0 amide bonds. The minimum atomic E-state index is -2.61. The Morgan fingerprint density at radius 1 is 0.591 bits per heavy atom. The summed E-state index contributed by atoms with van der Waals surface area (Å²) in [7, 11) is -5.22. The normalized spacial score (nSPS) is 19.5. The summed E-state index contributed by atoms with van der Waals surface area (Å²) in [5, 5.41) is 44.1. The van der Waals surface area contributed by atoms with E-state index in [4.69, 9.17) is 19.6 Å². The van der Waals surface area contributed by atoms with Crippen molar-refractivity contribution < 1.29 is 44.3 Å². The molecule has 2 aliphatic rings. The zero-order chi connectivity index (χ0) is 34.8. The van der Waals surface area contributed by atoms with Crippen molar-refractivity contribution in [1.82, 2.24) is 0 Å². The number of aliphatic hydroxyl groups excluding tert-OH is 3. The molecule has 2 aliphatic carbocycles. The summed E-state index contributed by atoms with van der Waals surface area (Å²) < 4.78 is 3.60. The van der Waals surface area contributed by atoms with Crippen LogP contribution in [0.4, 0.5) is 0 Å². The Hall–Kier alpha value is -0.540. The van der Waals surface area contributed by atoms with Crippen LogP contribution in [0.2, 0.25) is 0 Å². The van der Waals surface area contributed by atoms with Crippen LogP contribution in [0.3, 0.4) is 0 Å². The smallest absolute Gasteiger partial charge is 0.334 e. The second-order valence-corrected chi connectivity index (χ2v) is 18.1. The third kappa shape index (κ3) is 7.77. The van der Waals surface area contributed by atoms with Gasteiger partial charge < -0.3 is 40.0 Å². The van der Waals surface area contributed by atoms with E-state index in [0.717, 1.165) is 0 Å². The van der Waals surface area contributed by atoms with Crippen LogP contribution in [-0.4, -0.2) is 65.4 Å². The molecule has 44 heavy (non-hydrogen) atoms. The van der Waals surface area contributed by atoms with Gasteiger partial charge in [-0.15, -0.1) is 0 Å². The highest BCUT2D eigenvalue weighted by atomic mass is 31.2. The number of aliphatic hydroxyl groups is 4. The molecule has 0 unspecified atom stereocenters. The third-order valence-corrected chi connectivity index (χ3v) is 11.6. The molecule has 0 aliphatic heterocycles. The molecule has 0 aromatic rings. The summed E-state index contributed by atoms with van der Waals surface area (Å²) in [5.41, 5.74) is -2.54. The minimum Gasteiger partial charge on any atom is -0.395 e. The first-order valence-electron chi connectivity index (χ1n) is 15.1. The molecular weight excluding hydrogens is 602 g/mol. The van der Waals surface area contributed by atoms with Crippen LogP contribution in [-0.2, 0) is 4.31 Å². The van der Waals surface area contributed by atoms with Crippen LogP contribution in [0.15, 0.2) is 47.6 Å². The lowest BCUT2D eigenvalue weighted by atomic mass is 9.49. The summed E-state index contributed by atoms with van der Waals surface area (Å²) in [5.74, 6) is 0. The average Bonchev–Trinajstić information content (AvgIpc) is 2.87. The topological polar surface area (TPSA) is 171 Å². The van der Waals surface area contributed by atoms with Crippen molar-refractivity contribution in [2.45, 2.75) is 102 Å². The lowest BCUT2D eigenvalue weighted by molar-refractivity contribution is -0.112. The summed E-state index contributed by atoms with van der Waals surface area (Å²) in [6, 6.07) is 0. The van der Waals surface area contributed by atoms with Crippen LogP contribution >= 0.6 is 17.2 Å². The van der Waals surface area contributed by atoms with E-state index in [1.54, 1.807) is 0 Å². The second-order valence-electron chi connectivity index (χ2n) is 16.4. The van der Waals surface area contributed by atoms with Crippen molar-refractivity contribution in [3.05, 3.63) is 47.6 Å². The van der Waals surface area contributed by atoms with Crippen LogP contribution in [0, 0.1) is 37.9 Å². The van der Waals surface area contributed by atoms with E-state index in [-0.39, 0.29) is 32.5 Å². The molecule has 8 N–H and O–H groups in total. The molecular formula is C33H60O9P2. The fourth-order valence-electron chi connectivity index (χ4n) is 7.63. The van der Waals surface area contributed by atoms with E-state index >= 15 is 0 Å². The Balaban J connectivity index is 0.00000123. The predicted molar refractivity (Wildman–Crippen MR) is 179 cm³/mol. The average molecular weight is 663 g/mol. The first-order chi connectivity index (χ1) is 19.7. The molecule has 0 saturated heterocycles. The third-order valence-electron chi connectivity index (χ3n) is 10.4. The summed E-state index contributed by atoms with van der Waals surface area (Å²) in [4.78, 5) is 31.3. The van der Waals surface area contributed by atoms with Gasteiger partial charge in [-0.1, -0.05) is 120 Å². The lowest BCUT2D eigenvalue weighted by Gasteiger charge is -2.56. The monoisotopic (exact) mass is 662 g/mol. The molecule has 0 aromatic heterocycles. The van der Waals surface area contributed by atoms with E-state index < -0.39 is 48.0 Å². The molecule has 0 saturated carbocycles. The maximum absolute atomic E-state index is 12.6. The van der Waals surface area contributed by atoms with Gasteiger partial charge in [0.2, 0.25) is 0 Å². The van der Waals surface area contributed by atoms with E-state index in [9.17, 15) is 20.4 Å². The molecule has 9 nitrogen and oxygen atoms in total. The molecule has 0 fully saturated rings. The predicted octanol–water partition coefficient (Wildman–Crippen LogP) is 6.04. The fraction of sp³-hybridized carbons (Fsp3) is 0.758. The van der Waals surface area contributed by atoms with Gasteiger partial charge >= 0.3 is 17.2 Å². The zero-order valence-corrected chi connectivity index (χ0v) is 30.7. The van der Waals surface area contributed by atoms with Gasteiger partial charge in [-0.2, -0.15) is 0 Å². The van der Waals surface area contributed by atoms with Gasteiger partial charge in [-0.05, 0) is 45.6 Å². The Bertz CT molecular complexity index is 966. The van der Waals surface area contributed by atoms with Gasteiger partial charge in [0, 0.05) is 10.8 Å². The van der Waals surface area contributed by atoms with Crippen molar-refractivity contribution in [3.63, 3.8) is 0 Å². The van der Waals surface area contributed by atoms with Crippen molar-refractivity contribution >= 4 is 17.2 Å². The first-order valence-corrected chi connectivity index (χ1v) is 17.4. The zero-order valence-electron chi connectivity index (χ0n) is 28.9. The minimum absolute atomic E-state index is 0.0348. The molecule has 11 heteroatoms. The van der Waals surface area contributed by atoms with Crippen LogP contribution < -0.4 is 0 Å². The van der Waals surface area contributed by atoms with Crippen molar-refractivity contribution in [1.29, 1.82) is 0 Å². The highest BCUT2D eigenvalue weighted by Gasteiger charge is 2.57. The van der Waals surface area contributed by atoms with E-state index in [1.807, 2.05) is 12.2 Å². The van der Waals surface area contributed by atoms with Crippen LogP contribution in [0.1, 0.15) is 95.9 Å². The quantitative estimate of drug-likeness (QED) is 0.144. The van der Waals surface area contributed by atoms with Gasteiger partial charge in [-0.25, -0.2) is 4.31 Å². The van der Waals surface area contributed by atoms with Gasteiger partial charge in [0.05, 0.1) is 25.2 Å². The fourth-order valence-corrected chi connectivity index (χ4v) is 8.15. The summed E-state index contributed by atoms with van der Waals surface area (Å²) in [6.45, 7) is 25.3. The Labute approximate surface area is 268 Å². The largest absolute Gasteiger partial charge is 0.395 e. The second kappa shape index (κ2) is 14.3. The Kier molecular flexibility index (Phi) is 13.5. The molecule has 0 aromatic carbocycles. The maximum atomic E-state index is 12.6. The highest BCUT2D eigenvalue weighted by Crippen LogP contribution is 2.60. The molecule has 0 atom stereocenters. The van der Waals surface area contributed by atoms with Gasteiger partial charge in [0.1, 0.15) is 5.60 Å². The number of allylic oxidation sites excluding steroid dienone is 4. The Morgan fingerprint density at radius 3 is 1.00 bits per heavy atom. The molecule has 2 rings (SSSR count). The van der Waals surface area contributed by atoms with Gasteiger partial charge in [-0.3, -0.25) is 0 Å². The van der Waals surface area contributed by atoms with E-state index in [0.29, 0.717) is 24.0 Å². The standard InChI is InChI=1S/C33H56O4.H4O5P2/c1-26(2,3)31(27(4,5)6)17-13-24(14-18-31)33(37,30(21-34,22-35)23-36)25-15-19-32(20-16-25,28(7,8)9)29(10,11)12;1-6(2)5-7(3)4/h13-17,19,34-37H,18,20-23H2,1-12H3;1-4H. The first kappa shape index (κ1) is 41.5. The number of hydrogen-bond donors (Lipinski definition) is 8. The number of rotatable bonds is 8. The summed E-state index contributed by atoms with van der Waals surface area (Å²) >= 11 is 0. The van der Waals surface area contributed by atoms with Crippen LogP contribution in [0.25, 0.3) is 0 Å². The molecule has 0 spiro atoms. The molecule has 0 bridgehead atoms. The molecule has 256 valence electrons. The van der Waals surface area contributed by atoms with E-state index in [2.05, 4.69) is 112 Å². The van der Waals surface area contributed by atoms with Crippen molar-refractivity contribution in [2.24, 2.45) is 37.9 Å². The van der Waals surface area contributed by atoms with Crippen LogP contribution in [0.5, 0.6) is 0 Å². The Morgan fingerprint density at radius 2 is 0.864 bits per heavy atom. The summed E-state index contributed by atoms with van der Waals surface area (Å²) in [6.07, 6.45) is 13.9. The highest BCUT2D eigenvalue weighted by molar-refractivity contribution is 7.53. The van der Waals surface area contributed by atoms with E-state index in [1.165, 1.54) is 0 Å². The molecule has 0 heterocycles. The van der Waals surface area contributed by atoms with Gasteiger partial charge in [0.15, 0.2) is 0 Å².